The Morgan fingerprint density at radius 1 is 0.938 bits per heavy atom. The predicted octanol–water partition coefficient (Wildman–Crippen LogP) is 2.47. The molecule has 0 aliphatic carbocycles. The highest BCUT2D eigenvalue weighted by atomic mass is 15.1. The third kappa shape index (κ3) is 1.40. The van der Waals surface area contributed by atoms with E-state index in [2.05, 4.69) is 20.2 Å². The van der Waals surface area contributed by atoms with Gasteiger partial charge in [-0.2, -0.15) is 5.10 Å². The van der Waals surface area contributed by atoms with Gasteiger partial charge in [-0.1, -0.05) is 0 Å². The van der Waals surface area contributed by atoms with Crippen LogP contribution in [0, 0.1) is 0 Å². The van der Waals surface area contributed by atoms with Gasteiger partial charge in [0.2, 0.25) is 0 Å². The highest BCUT2D eigenvalue weighted by Crippen LogP contribution is 2.27. The van der Waals surface area contributed by atoms with Crippen molar-refractivity contribution in [3.8, 4) is 22.6 Å². The average Bonchev–Trinajstić information content (AvgIpc) is 3.03. The van der Waals surface area contributed by atoms with Gasteiger partial charge in [-0.05, 0) is 30.3 Å². The van der Waals surface area contributed by atoms with Gasteiger partial charge in [0.05, 0.1) is 11.4 Å². The van der Waals surface area contributed by atoms with Crippen molar-refractivity contribution in [1.82, 2.24) is 20.2 Å². The van der Waals surface area contributed by atoms with E-state index in [1.54, 1.807) is 12.4 Å². The Morgan fingerprint density at radius 3 is 2.69 bits per heavy atom. The molecule has 0 amide bonds. The number of rotatable bonds is 2. The third-order valence-corrected chi connectivity index (χ3v) is 2.45. The number of aromatic nitrogens is 4. The molecule has 78 valence electrons. The van der Waals surface area contributed by atoms with Crippen molar-refractivity contribution in [3.63, 3.8) is 0 Å². The number of nitrogens with one attached hydrogen (secondary N) is 2. The van der Waals surface area contributed by atoms with Gasteiger partial charge in [0.25, 0.3) is 0 Å². The topological polar surface area (TPSA) is 57.4 Å². The van der Waals surface area contributed by atoms with Crippen LogP contribution in [0.1, 0.15) is 0 Å². The van der Waals surface area contributed by atoms with Crippen molar-refractivity contribution in [2.75, 3.05) is 0 Å². The van der Waals surface area contributed by atoms with Crippen LogP contribution in [0.25, 0.3) is 22.6 Å². The molecule has 16 heavy (non-hydrogen) atoms. The van der Waals surface area contributed by atoms with Gasteiger partial charge in [0.1, 0.15) is 0 Å². The molecule has 4 nitrogen and oxygen atoms in total. The van der Waals surface area contributed by atoms with Crippen molar-refractivity contribution in [1.29, 1.82) is 0 Å². The van der Waals surface area contributed by atoms with Gasteiger partial charge in [0.15, 0.2) is 0 Å². The molecule has 0 unspecified atom stereocenters. The molecule has 0 spiro atoms. The van der Waals surface area contributed by atoms with Gasteiger partial charge in [-0.25, -0.2) is 0 Å². The van der Waals surface area contributed by atoms with Crippen molar-refractivity contribution < 1.29 is 0 Å². The van der Waals surface area contributed by atoms with Crippen LogP contribution >= 0.6 is 0 Å². The second kappa shape index (κ2) is 3.66. The number of H-pyrrole nitrogens is 2. The number of nitrogens with zero attached hydrogens (tertiary/aromatic N) is 2. The van der Waals surface area contributed by atoms with Crippen LogP contribution in [-0.2, 0) is 0 Å². The van der Waals surface area contributed by atoms with Crippen LogP contribution in [0.3, 0.4) is 0 Å². The van der Waals surface area contributed by atoms with Crippen LogP contribution < -0.4 is 0 Å². The first kappa shape index (κ1) is 8.91. The maximum Gasteiger partial charge on any atom is 0.0973 e. The maximum absolute atomic E-state index is 4.39. The number of aromatic amines is 2. The summed E-state index contributed by atoms with van der Waals surface area (Å²) in [5.74, 6) is 0. The largest absolute Gasteiger partial charge is 0.361 e. The molecule has 0 saturated carbocycles. The average molecular weight is 210 g/mol. The molecule has 0 radical (unpaired) electrons. The van der Waals surface area contributed by atoms with Crippen LogP contribution in [0.15, 0.2) is 48.9 Å². The zero-order valence-corrected chi connectivity index (χ0v) is 8.51. The van der Waals surface area contributed by atoms with E-state index in [9.17, 15) is 0 Å². The van der Waals surface area contributed by atoms with Gasteiger partial charge in [-0.15, -0.1) is 0 Å². The molecule has 0 fully saturated rings. The maximum atomic E-state index is 4.39. The number of hydrogen-bond acceptors (Lipinski definition) is 2. The second-order valence-corrected chi connectivity index (χ2v) is 3.45. The Hall–Kier alpha value is -2.36. The van der Waals surface area contributed by atoms with Gasteiger partial charge in [0, 0.05) is 29.8 Å². The third-order valence-electron chi connectivity index (χ3n) is 2.45. The lowest BCUT2D eigenvalue weighted by Gasteiger charge is -2.04. The Kier molecular flexibility index (Phi) is 2.04. The fourth-order valence-corrected chi connectivity index (χ4v) is 1.72. The molecule has 0 aliphatic rings. The zero-order chi connectivity index (χ0) is 10.8. The molecule has 0 saturated heterocycles. The minimum Gasteiger partial charge on any atom is -0.361 e. The van der Waals surface area contributed by atoms with Crippen LogP contribution in [0.2, 0.25) is 0 Å². The van der Waals surface area contributed by atoms with Gasteiger partial charge < -0.3 is 4.98 Å². The number of hydrogen-bond donors (Lipinski definition) is 2. The SMILES string of the molecule is c1c[nH]c(-c2cccnc2-c2ccn[nH]2)c1. The first-order valence-electron chi connectivity index (χ1n) is 5.03. The highest BCUT2D eigenvalue weighted by molar-refractivity contribution is 5.76. The summed E-state index contributed by atoms with van der Waals surface area (Å²) in [5, 5.41) is 6.88. The minimum absolute atomic E-state index is 0.905. The van der Waals surface area contributed by atoms with E-state index < -0.39 is 0 Å². The highest BCUT2D eigenvalue weighted by Gasteiger charge is 2.09. The smallest absolute Gasteiger partial charge is 0.0973 e. The fourth-order valence-electron chi connectivity index (χ4n) is 1.72. The molecular formula is C12H10N4. The zero-order valence-electron chi connectivity index (χ0n) is 8.51. The van der Waals surface area contributed by atoms with Gasteiger partial charge in [-0.3, -0.25) is 10.1 Å². The first-order valence-corrected chi connectivity index (χ1v) is 5.03. The first-order chi connectivity index (χ1) is 7.95. The molecule has 4 heteroatoms. The summed E-state index contributed by atoms with van der Waals surface area (Å²) in [7, 11) is 0. The lowest BCUT2D eigenvalue weighted by atomic mass is 10.1. The molecule has 3 rings (SSSR count). The Bertz CT molecular complexity index is 514. The summed E-state index contributed by atoms with van der Waals surface area (Å²) in [6.07, 6.45) is 5.41. The lowest BCUT2D eigenvalue weighted by Crippen LogP contribution is -1.89. The normalized spacial score (nSPS) is 10.5. The fraction of sp³-hybridized carbons (Fsp3) is 0. The predicted molar refractivity (Wildman–Crippen MR) is 61.6 cm³/mol. The molecule has 0 atom stereocenters. The summed E-state index contributed by atoms with van der Waals surface area (Å²) in [5.41, 5.74) is 3.95. The molecule has 3 aromatic heterocycles. The quantitative estimate of drug-likeness (QED) is 0.682. The molecular weight excluding hydrogens is 200 g/mol. The summed E-state index contributed by atoms with van der Waals surface area (Å²) >= 11 is 0. The lowest BCUT2D eigenvalue weighted by molar-refractivity contribution is 1.09. The molecule has 2 N–H and O–H groups in total. The Morgan fingerprint density at radius 2 is 1.94 bits per heavy atom. The summed E-state index contributed by atoms with van der Waals surface area (Å²) in [6.45, 7) is 0. The summed E-state index contributed by atoms with van der Waals surface area (Å²) in [4.78, 5) is 7.57. The van der Waals surface area contributed by atoms with E-state index >= 15 is 0 Å². The van der Waals surface area contributed by atoms with E-state index in [-0.39, 0.29) is 0 Å². The standard InChI is InChI=1S/C12H10N4/c1-3-9(10-4-2-6-13-10)12(14-7-1)11-5-8-15-16-11/h1-8,13H,(H,15,16). The number of pyridine rings is 1. The van der Waals surface area contributed by atoms with E-state index in [0.717, 1.165) is 22.6 Å². The van der Waals surface area contributed by atoms with Crippen LogP contribution in [-0.4, -0.2) is 20.2 Å². The molecule has 3 aromatic rings. The minimum atomic E-state index is 0.905. The van der Waals surface area contributed by atoms with Gasteiger partial charge >= 0.3 is 0 Å². The van der Waals surface area contributed by atoms with E-state index in [4.69, 9.17) is 0 Å². The van der Waals surface area contributed by atoms with Crippen molar-refractivity contribution in [3.05, 3.63) is 48.9 Å². The summed E-state index contributed by atoms with van der Waals surface area (Å²) in [6, 6.07) is 9.87. The van der Waals surface area contributed by atoms with E-state index in [0.29, 0.717) is 0 Å². The molecule has 3 heterocycles. The molecule has 0 aliphatic heterocycles. The Balaban J connectivity index is 2.19. The Labute approximate surface area is 92.4 Å². The van der Waals surface area contributed by atoms with Crippen LogP contribution in [0.4, 0.5) is 0 Å². The monoisotopic (exact) mass is 210 g/mol. The molecule has 0 aromatic carbocycles. The van der Waals surface area contributed by atoms with Crippen molar-refractivity contribution >= 4 is 0 Å². The summed E-state index contributed by atoms with van der Waals surface area (Å²) < 4.78 is 0. The second-order valence-electron chi connectivity index (χ2n) is 3.45. The molecule has 0 bridgehead atoms. The van der Waals surface area contributed by atoms with E-state index in [1.165, 1.54) is 0 Å². The van der Waals surface area contributed by atoms with Crippen molar-refractivity contribution in [2.45, 2.75) is 0 Å². The van der Waals surface area contributed by atoms with E-state index in [1.807, 2.05) is 36.5 Å². The van der Waals surface area contributed by atoms with Crippen LogP contribution in [0.5, 0.6) is 0 Å². The van der Waals surface area contributed by atoms with Crippen molar-refractivity contribution in [2.24, 2.45) is 0 Å².